The van der Waals surface area contributed by atoms with Gasteiger partial charge in [0.05, 0.1) is 0 Å². The maximum absolute atomic E-state index is 12.2. The summed E-state index contributed by atoms with van der Waals surface area (Å²) in [6.07, 6.45) is 8.14. The van der Waals surface area contributed by atoms with Crippen LogP contribution in [0, 0.1) is 12.8 Å². The number of amides is 1. The van der Waals surface area contributed by atoms with Gasteiger partial charge in [0.15, 0.2) is 0 Å². The highest BCUT2D eigenvalue weighted by atomic mass is 16.2. The second-order valence-corrected chi connectivity index (χ2v) is 5.04. The molecule has 0 aliphatic heterocycles. The van der Waals surface area contributed by atoms with Crippen LogP contribution in [-0.2, 0) is 4.79 Å². The van der Waals surface area contributed by atoms with Crippen molar-refractivity contribution < 1.29 is 4.79 Å². The van der Waals surface area contributed by atoms with Gasteiger partial charge < -0.3 is 10.3 Å². The Morgan fingerprint density at radius 1 is 1.28 bits per heavy atom. The van der Waals surface area contributed by atoms with Crippen molar-refractivity contribution in [3.05, 3.63) is 28.2 Å². The van der Waals surface area contributed by atoms with Crippen LogP contribution in [0.5, 0.6) is 0 Å². The number of carbonyl (C=O) groups is 1. The lowest BCUT2D eigenvalue weighted by Crippen LogP contribution is -2.26. The van der Waals surface area contributed by atoms with Crippen LogP contribution in [0.25, 0.3) is 0 Å². The molecule has 4 nitrogen and oxygen atoms in total. The molecule has 0 saturated heterocycles. The summed E-state index contributed by atoms with van der Waals surface area (Å²) in [6, 6.07) is 1.80. The monoisotopic (exact) mass is 248 g/mol. The van der Waals surface area contributed by atoms with Crippen molar-refractivity contribution in [2.45, 2.75) is 45.4 Å². The highest BCUT2D eigenvalue weighted by Crippen LogP contribution is 2.24. The van der Waals surface area contributed by atoms with Crippen LogP contribution < -0.4 is 10.9 Å². The number of anilines is 1. The van der Waals surface area contributed by atoms with E-state index in [1.54, 1.807) is 12.3 Å². The third-order valence-corrected chi connectivity index (χ3v) is 3.64. The van der Waals surface area contributed by atoms with Gasteiger partial charge in [0.2, 0.25) is 5.91 Å². The highest BCUT2D eigenvalue weighted by molar-refractivity contribution is 5.93. The van der Waals surface area contributed by atoms with E-state index in [9.17, 15) is 9.59 Å². The fourth-order valence-electron chi connectivity index (χ4n) is 2.50. The van der Waals surface area contributed by atoms with Crippen molar-refractivity contribution in [1.29, 1.82) is 0 Å². The van der Waals surface area contributed by atoms with Crippen LogP contribution >= 0.6 is 0 Å². The molecule has 2 N–H and O–H groups in total. The maximum atomic E-state index is 12.2. The number of hydrogen-bond acceptors (Lipinski definition) is 2. The first-order valence-electron chi connectivity index (χ1n) is 6.67. The molecule has 1 fully saturated rings. The Morgan fingerprint density at radius 2 is 1.94 bits per heavy atom. The average Bonchev–Trinajstić information content (AvgIpc) is 2.62. The molecule has 0 bridgehead atoms. The van der Waals surface area contributed by atoms with E-state index in [1.165, 1.54) is 12.8 Å². The Labute approximate surface area is 107 Å². The molecule has 1 aliphatic rings. The normalized spacial score (nSPS) is 17.2. The van der Waals surface area contributed by atoms with E-state index in [0.717, 1.165) is 31.2 Å². The Balaban J connectivity index is 2.08. The Hall–Kier alpha value is -1.58. The zero-order valence-corrected chi connectivity index (χ0v) is 10.8. The van der Waals surface area contributed by atoms with Gasteiger partial charge in [0.25, 0.3) is 5.56 Å². The standard InChI is InChI=1S/C14H20N2O2/c1-10-8-9-15-14(18)12(10)16-13(17)11-6-4-2-3-5-7-11/h8-9,11H,2-7H2,1H3,(H,15,18)(H,16,17). The quantitative estimate of drug-likeness (QED) is 0.790. The molecule has 1 aromatic rings. The van der Waals surface area contributed by atoms with Crippen LogP contribution in [0.4, 0.5) is 5.69 Å². The molecule has 0 spiro atoms. The number of H-pyrrole nitrogens is 1. The number of aromatic nitrogens is 1. The van der Waals surface area contributed by atoms with Crippen LogP contribution in [0.3, 0.4) is 0 Å². The van der Waals surface area contributed by atoms with Gasteiger partial charge in [0.1, 0.15) is 5.69 Å². The van der Waals surface area contributed by atoms with E-state index in [0.29, 0.717) is 5.69 Å². The molecule has 1 amide bonds. The average molecular weight is 248 g/mol. The van der Waals surface area contributed by atoms with Crippen LogP contribution in [0.15, 0.2) is 17.1 Å². The summed E-state index contributed by atoms with van der Waals surface area (Å²) in [5.74, 6) is 0.0585. The van der Waals surface area contributed by atoms with Crippen molar-refractivity contribution in [2.24, 2.45) is 5.92 Å². The molecule has 0 aromatic carbocycles. The maximum Gasteiger partial charge on any atom is 0.271 e. The van der Waals surface area contributed by atoms with Crippen molar-refractivity contribution in [1.82, 2.24) is 4.98 Å². The fraction of sp³-hybridized carbons (Fsp3) is 0.571. The summed E-state index contributed by atoms with van der Waals surface area (Å²) in [5.41, 5.74) is 0.976. The van der Waals surface area contributed by atoms with E-state index < -0.39 is 0 Å². The number of aryl methyl sites for hydroxylation is 1. The lowest BCUT2D eigenvalue weighted by Gasteiger charge is -2.14. The second kappa shape index (κ2) is 5.85. The van der Waals surface area contributed by atoms with Gasteiger partial charge >= 0.3 is 0 Å². The molecular formula is C14H20N2O2. The SMILES string of the molecule is Cc1cc[nH]c(=O)c1NC(=O)C1CCCCCC1. The van der Waals surface area contributed by atoms with Gasteiger partial charge in [-0.3, -0.25) is 9.59 Å². The third kappa shape index (κ3) is 3.00. The number of carbonyl (C=O) groups excluding carboxylic acids is 1. The topological polar surface area (TPSA) is 62.0 Å². The van der Waals surface area contributed by atoms with E-state index >= 15 is 0 Å². The number of hydrogen-bond donors (Lipinski definition) is 2. The molecule has 1 saturated carbocycles. The minimum atomic E-state index is -0.225. The molecule has 2 rings (SSSR count). The lowest BCUT2D eigenvalue weighted by atomic mass is 9.99. The van der Waals surface area contributed by atoms with Crippen LogP contribution in [0.2, 0.25) is 0 Å². The van der Waals surface area contributed by atoms with Crippen LogP contribution in [-0.4, -0.2) is 10.9 Å². The third-order valence-electron chi connectivity index (χ3n) is 3.64. The van der Waals surface area contributed by atoms with E-state index in [1.807, 2.05) is 6.92 Å². The van der Waals surface area contributed by atoms with Gasteiger partial charge in [-0.15, -0.1) is 0 Å². The zero-order valence-electron chi connectivity index (χ0n) is 10.8. The van der Waals surface area contributed by atoms with E-state index in [-0.39, 0.29) is 17.4 Å². The van der Waals surface area contributed by atoms with E-state index in [2.05, 4.69) is 10.3 Å². The number of nitrogens with one attached hydrogen (secondary N) is 2. The summed E-state index contributed by atoms with van der Waals surface area (Å²) in [5, 5.41) is 2.79. The largest absolute Gasteiger partial charge is 0.327 e. The molecule has 4 heteroatoms. The van der Waals surface area contributed by atoms with Gasteiger partial charge in [-0.25, -0.2) is 0 Å². The number of rotatable bonds is 2. The van der Waals surface area contributed by atoms with Crippen molar-refractivity contribution in [3.8, 4) is 0 Å². The summed E-state index contributed by atoms with van der Waals surface area (Å²) in [6.45, 7) is 1.83. The van der Waals surface area contributed by atoms with Crippen molar-refractivity contribution >= 4 is 11.6 Å². The summed E-state index contributed by atoms with van der Waals surface area (Å²) in [4.78, 5) is 26.4. The minimum Gasteiger partial charge on any atom is -0.327 e. The molecule has 98 valence electrons. The molecule has 18 heavy (non-hydrogen) atoms. The first-order chi connectivity index (χ1) is 8.68. The minimum absolute atomic E-state index is 0.00306. The molecule has 0 atom stereocenters. The Morgan fingerprint density at radius 3 is 2.56 bits per heavy atom. The summed E-state index contributed by atoms with van der Waals surface area (Å²) >= 11 is 0. The van der Waals surface area contributed by atoms with Gasteiger partial charge in [-0.05, 0) is 31.4 Å². The molecular weight excluding hydrogens is 228 g/mol. The van der Waals surface area contributed by atoms with Crippen molar-refractivity contribution in [2.75, 3.05) is 5.32 Å². The molecule has 1 aromatic heterocycles. The predicted octanol–water partition coefficient (Wildman–Crippen LogP) is 2.59. The van der Waals surface area contributed by atoms with E-state index in [4.69, 9.17) is 0 Å². The first-order valence-corrected chi connectivity index (χ1v) is 6.67. The Kier molecular flexibility index (Phi) is 4.18. The van der Waals surface area contributed by atoms with Crippen molar-refractivity contribution in [3.63, 3.8) is 0 Å². The molecule has 1 heterocycles. The zero-order chi connectivity index (χ0) is 13.0. The molecule has 0 radical (unpaired) electrons. The van der Waals surface area contributed by atoms with Gasteiger partial charge in [0, 0.05) is 12.1 Å². The van der Waals surface area contributed by atoms with Gasteiger partial charge in [-0.2, -0.15) is 0 Å². The fourth-order valence-corrected chi connectivity index (χ4v) is 2.50. The number of pyridine rings is 1. The second-order valence-electron chi connectivity index (χ2n) is 5.04. The summed E-state index contributed by atoms with van der Waals surface area (Å²) < 4.78 is 0. The summed E-state index contributed by atoms with van der Waals surface area (Å²) in [7, 11) is 0. The molecule has 0 unspecified atom stereocenters. The van der Waals surface area contributed by atoms with Crippen LogP contribution in [0.1, 0.15) is 44.1 Å². The Bertz CT molecular complexity index is 471. The number of aromatic amines is 1. The predicted molar refractivity (Wildman–Crippen MR) is 71.6 cm³/mol. The lowest BCUT2D eigenvalue weighted by molar-refractivity contribution is -0.120. The highest BCUT2D eigenvalue weighted by Gasteiger charge is 2.21. The molecule has 1 aliphatic carbocycles. The smallest absolute Gasteiger partial charge is 0.271 e. The van der Waals surface area contributed by atoms with Gasteiger partial charge in [-0.1, -0.05) is 25.7 Å². The first kappa shape index (κ1) is 12.9.